The molecule has 1 aromatic heterocycles. The van der Waals surface area contributed by atoms with E-state index < -0.39 is 0 Å². The second kappa shape index (κ2) is 7.45. The van der Waals surface area contributed by atoms with Gasteiger partial charge in [-0.3, -0.25) is 0 Å². The van der Waals surface area contributed by atoms with E-state index in [1.165, 1.54) is 22.1 Å². The van der Waals surface area contributed by atoms with Gasteiger partial charge in [0.1, 0.15) is 16.8 Å². The third kappa shape index (κ3) is 3.59. The molecule has 0 aliphatic rings. The molecule has 130 valence electrons. The second-order valence-corrected chi connectivity index (χ2v) is 6.90. The van der Waals surface area contributed by atoms with Gasteiger partial charge < -0.3 is 4.74 Å². The number of aromatic nitrogens is 1. The number of benzene rings is 3. The Labute approximate surface area is 161 Å². The molecule has 0 unspecified atom stereocenters. The molecule has 0 atom stereocenters. The number of hydrogen-bond acceptors (Lipinski definition) is 4. The van der Waals surface area contributed by atoms with Crippen LogP contribution in [0.4, 0.5) is 0 Å². The Morgan fingerprint density at radius 1 is 1.04 bits per heavy atom. The minimum atomic E-state index is 0.553. The summed E-state index contributed by atoms with van der Waals surface area (Å²) in [5, 5.41) is 14.7. The number of ether oxygens (including phenoxy) is 1. The molecule has 0 amide bonds. The standard InChI is InChI=1S/C23H16N2OS/c1-26-21-10-6-16(7-11-21)12-20(14-24)23-25-22(15-27-23)19-9-8-17-4-2-3-5-18(17)13-19/h2-13,15H,1H3/b20-12+. The summed E-state index contributed by atoms with van der Waals surface area (Å²) in [6, 6.07) is 24.4. The number of methoxy groups -OCH3 is 1. The van der Waals surface area contributed by atoms with Gasteiger partial charge in [-0.1, -0.05) is 48.5 Å². The van der Waals surface area contributed by atoms with Gasteiger partial charge in [0.15, 0.2) is 0 Å². The minimum absolute atomic E-state index is 0.553. The van der Waals surface area contributed by atoms with Crippen LogP contribution in [-0.4, -0.2) is 12.1 Å². The van der Waals surface area contributed by atoms with E-state index in [0.717, 1.165) is 27.6 Å². The molecule has 3 nitrogen and oxygen atoms in total. The maximum atomic E-state index is 9.59. The monoisotopic (exact) mass is 368 g/mol. The average Bonchev–Trinajstić information content (AvgIpc) is 3.22. The van der Waals surface area contributed by atoms with E-state index >= 15 is 0 Å². The van der Waals surface area contributed by atoms with Crippen LogP contribution in [0.1, 0.15) is 10.6 Å². The fourth-order valence-corrected chi connectivity index (χ4v) is 3.68. The van der Waals surface area contributed by atoms with Gasteiger partial charge in [0.05, 0.1) is 18.4 Å². The summed E-state index contributed by atoms with van der Waals surface area (Å²) >= 11 is 1.48. The van der Waals surface area contributed by atoms with Crippen molar-refractivity contribution in [2.75, 3.05) is 7.11 Å². The predicted molar refractivity (Wildman–Crippen MR) is 112 cm³/mol. The lowest BCUT2D eigenvalue weighted by molar-refractivity contribution is 0.415. The third-order valence-electron chi connectivity index (χ3n) is 4.33. The molecular weight excluding hydrogens is 352 g/mol. The molecule has 0 saturated carbocycles. The van der Waals surface area contributed by atoms with Crippen molar-refractivity contribution in [3.8, 4) is 23.1 Å². The zero-order chi connectivity index (χ0) is 18.6. The molecule has 0 aliphatic carbocycles. The first kappa shape index (κ1) is 17.0. The Bertz CT molecular complexity index is 1170. The van der Waals surface area contributed by atoms with Crippen molar-refractivity contribution in [1.82, 2.24) is 4.98 Å². The van der Waals surface area contributed by atoms with Gasteiger partial charge in [0.2, 0.25) is 0 Å². The highest BCUT2D eigenvalue weighted by Crippen LogP contribution is 2.29. The van der Waals surface area contributed by atoms with Crippen molar-refractivity contribution in [2.24, 2.45) is 0 Å². The highest BCUT2D eigenvalue weighted by atomic mass is 32.1. The lowest BCUT2D eigenvalue weighted by atomic mass is 10.1. The Hall–Kier alpha value is -3.42. The molecule has 0 spiro atoms. The quantitative estimate of drug-likeness (QED) is 0.413. The number of nitrogens with zero attached hydrogens (tertiary/aromatic N) is 2. The van der Waals surface area contributed by atoms with Crippen LogP contribution in [0.3, 0.4) is 0 Å². The van der Waals surface area contributed by atoms with Crippen LogP contribution in [0.15, 0.2) is 72.1 Å². The minimum Gasteiger partial charge on any atom is -0.497 e. The molecule has 0 saturated heterocycles. The predicted octanol–water partition coefficient (Wildman–Crippen LogP) is 6.04. The van der Waals surface area contributed by atoms with Crippen LogP contribution in [-0.2, 0) is 0 Å². The highest BCUT2D eigenvalue weighted by molar-refractivity contribution is 7.11. The maximum absolute atomic E-state index is 9.59. The SMILES string of the molecule is COc1ccc(/C=C(\C#N)c2nc(-c3ccc4ccccc4c3)cs2)cc1. The number of allylic oxidation sites excluding steroid dienone is 1. The zero-order valence-electron chi connectivity index (χ0n) is 14.7. The fraction of sp³-hybridized carbons (Fsp3) is 0.0435. The number of hydrogen-bond donors (Lipinski definition) is 0. The molecule has 3 aromatic carbocycles. The molecule has 4 heteroatoms. The normalized spacial score (nSPS) is 11.3. The summed E-state index contributed by atoms with van der Waals surface area (Å²) in [5.74, 6) is 0.790. The van der Waals surface area contributed by atoms with E-state index in [4.69, 9.17) is 9.72 Å². The van der Waals surface area contributed by atoms with Gasteiger partial charge >= 0.3 is 0 Å². The molecule has 0 radical (unpaired) electrons. The lowest BCUT2D eigenvalue weighted by Crippen LogP contribution is -1.84. The van der Waals surface area contributed by atoms with Gasteiger partial charge in [-0.2, -0.15) is 5.26 Å². The third-order valence-corrected chi connectivity index (χ3v) is 5.20. The molecule has 4 aromatic rings. The van der Waals surface area contributed by atoms with E-state index in [2.05, 4.69) is 36.4 Å². The largest absolute Gasteiger partial charge is 0.497 e. The summed E-state index contributed by atoms with van der Waals surface area (Å²) in [4.78, 5) is 4.69. The topological polar surface area (TPSA) is 45.9 Å². The molecular formula is C23H16N2OS. The summed E-state index contributed by atoms with van der Waals surface area (Å²) < 4.78 is 5.17. The van der Waals surface area contributed by atoms with Gasteiger partial charge in [0, 0.05) is 10.9 Å². The zero-order valence-corrected chi connectivity index (χ0v) is 15.5. The number of fused-ring (bicyclic) bond motifs is 1. The number of thiazole rings is 1. The van der Waals surface area contributed by atoms with Crippen LogP contribution < -0.4 is 4.74 Å². The lowest BCUT2D eigenvalue weighted by Gasteiger charge is -2.01. The first-order valence-corrected chi connectivity index (χ1v) is 9.36. The van der Waals surface area contributed by atoms with Crippen LogP contribution in [0, 0.1) is 11.3 Å². The first-order valence-electron chi connectivity index (χ1n) is 8.48. The van der Waals surface area contributed by atoms with Crippen LogP contribution in [0.2, 0.25) is 0 Å². The van der Waals surface area contributed by atoms with E-state index in [-0.39, 0.29) is 0 Å². The van der Waals surface area contributed by atoms with Crippen molar-refractivity contribution < 1.29 is 4.74 Å². The molecule has 27 heavy (non-hydrogen) atoms. The summed E-state index contributed by atoms with van der Waals surface area (Å²) in [6.07, 6.45) is 1.85. The molecule has 0 aliphatic heterocycles. The summed E-state index contributed by atoms with van der Waals surface area (Å²) in [7, 11) is 1.63. The smallest absolute Gasteiger partial charge is 0.134 e. The molecule has 4 rings (SSSR count). The first-order chi connectivity index (χ1) is 13.3. The van der Waals surface area contributed by atoms with Gasteiger partial charge in [-0.15, -0.1) is 11.3 Å². The average molecular weight is 368 g/mol. The van der Waals surface area contributed by atoms with Crippen LogP contribution in [0.25, 0.3) is 33.7 Å². The van der Waals surface area contributed by atoms with E-state index in [1.807, 2.05) is 47.9 Å². The Morgan fingerprint density at radius 2 is 1.81 bits per heavy atom. The van der Waals surface area contributed by atoms with Crippen LogP contribution >= 0.6 is 11.3 Å². The fourth-order valence-electron chi connectivity index (χ4n) is 2.89. The van der Waals surface area contributed by atoms with Crippen molar-refractivity contribution in [3.05, 3.63) is 82.7 Å². The number of nitriles is 1. The molecule has 0 fully saturated rings. The van der Waals surface area contributed by atoms with E-state index in [1.54, 1.807) is 7.11 Å². The Kier molecular flexibility index (Phi) is 4.69. The van der Waals surface area contributed by atoms with Crippen LogP contribution in [0.5, 0.6) is 5.75 Å². The van der Waals surface area contributed by atoms with Gasteiger partial charge in [-0.05, 0) is 40.6 Å². The Balaban J connectivity index is 1.66. The highest BCUT2D eigenvalue weighted by Gasteiger charge is 2.10. The van der Waals surface area contributed by atoms with E-state index in [9.17, 15) is 5.26 Å². The van der Waals surface area contributed by atoms with Crippen molar-refractivity contribution in [2.45, 2.75) is 0 Å². The van der Waals surface area contributed by atoms with Crippen molar-refractivity contribution >= 4 is 33.8 Å². The molecule has 0 N–H and O–H groups in total. The van der Waals surface area contributed by atoms with E-state index in [0.29, 0.717) is 5.57 Å². The summed E-state index contributed by atoms with van der Waals surface area (Å²) in [6.45, 7) is 0. The maximum Gasteiger partial charge on any atom is 0.134 e. The molecule has 0 bridgehead atoms. The Morgan fingerprint density at radius 3 is 2.56 bits per heavy atom. The van der Waals surface area contributed by atoms with Gasteiger partial charge in [0.25, 0.3) is 0 Å². The van der Waals surface area contributed by atoms with Crippen molar-refractivity contribution in [1.29, 1.82) is 5.26 Å². The van der Waals surface area contributed by atoms with Crippen molar-refractivity contribution in [3.63, 3.8) is 0 Å². The van der Waals surface area contributed by atoms with Gasteiger partial charge in [-0.25, -0.2) is 4.98 Å². The number of rotatable bonds is 4. The second-order valence-electron chi connectivity index (χ2n) is 6.04. The molecule has 1 heterocycles. The summed E-state index contributed by atoms with van der Waals surface area (Å²) in [5.41, 5.74) is 3.43.